The summed E-state index contributed by atoms with van der Waals surface area (Å²) in [7, 11) is 1.73. The summed E-state index contributed by atoms with van der Waals surface area (Å²) in [6.45, 7) is 2.31. The Morgan fingerprint density at radius 2 is 2.20 bits per heavy atom. The molecule has 3 nitrogen and oxygen atoms in total. The Kier molecular flexibility index (Phi) is 4.73. The van der Waals surface area contributed by atoms with Crippen molar-refractivity contribution in [2.24, 2.45) is 5.92 Å². The molecule has 2 aliphatic rings. The van der Waals surface area contributed by atoms with Gasteiger partial charge in [-0.25, -0.2) is 0 Å². The first-order valence-corrected chi connectivity index (χ1v) is 8.62. The Balaban J connectivity index is 1.65. The number of piperidine rings is 1. The highest BCUT2D eigenvalue weighted by atomic mass is 32.2. The fraction of sp³-hybridized carbons (Fsp3) is 0.625. The fourth-order valence-electron chi connectivity index (χ4n) is 2.83. The molecule has 110 valence electrons. The van der Waals surface area contributed by atoms with Crippen LogP contribution in [0.2, 0.25) is 0 Å². The van der Waals surface area contributed by atoms with Gasteiger partial charge in [0.15, 0.2) is 11.5 Å². The number of rotatable bonds is 5. The lowest BCUT2D eigenvalue weighted by Crippen LogP contribution is -2.31. The van der Waals surface area contributed by atoms with E-state index in [1.54, 1.807) is 7.11 Å². The molecule has 0 bridgehead atoms. The van der Waals surface area contributed by atoms with E-state index in [4.69, 9.17) is 9.47 Å². The van der Waals surface area contributed by atoms with E-state index < -0.39 is 0 Å². The smallest absolute Gasteiger partial charge is 0.161 e. The molecule has 1 aromatic rings. The van der Waals surface area contributed by atoms with Crippen LogP contribution in [0.5, 0.6) is 11.5 Å². The SMILES string of the molecule is COc1cc(CC2CCCNC2)ccc1OC1CSC1. The number of nitrogens with one attached hydrogen (secondary N) is 1. The maximum Gasteiger partial charge on any atom is 0.161 e. The minimum Gasteiger partial charge on any atom is -0.493 e. The molecule has 0 amide bonds. The molecular formula is C16H23NO2S. The van der Waals surface area contributed by atoms with Crippen LogP contribution in [0.15, 0.2) is 18.2 Å². The van der Waals surface area contributed by atoms with E-state index in [0.717, 1.165) is 41.9 Å². The molecule has 1 atom stereocenters. The topological polar surface area (TPSA) is 30.5 Å². The summed E-state index contributed by atoms with van der Waals surface area (Å²) in [6.07, 6.45) is 4.11. The molecule has 1 aromatic carbocycles. The highest BCUT2D eigenvalue weighted by molar-refractivity contribution is 8.00. The zero-order valence-corrected chi connectivity index (χ0v) is 12.9. The third-order valence-electron chi connectivity index (χ3n) is 4.05. The normalized spacial score (nSPS) is 23.1. The molecule has 2 aliphatic heterocycles. The summed E-state index contributed by atoms with van der Waals surface area (Å²) in [6, 6.07) is 6.42. The zero-order chi connectivity index (χ0) is 13.8. The summed E-state index contributed by atoms with van der Waals surface area (Å²) in [4.78, 5) is 0. The van der Waals surface area contributed by atoms with Gasteiger partial charge < -0.3 is 14.8 Å². The Bertz CT molecular complexity index is 442. The van der Waals surface area contributed by atoms with Crippen molar-refractivity contribution in [1.82, 2.24) is 5.32 Å². The summed E-state index contributed by atoms with van der Waals surface area (Å²) in [5.41, 5.74) is 1.35. The molecule has 20 heavy (non-hydrogen) atoms. The minimum absolute atomic E-state index is 0.363. The number of benzene rings is 1. The van der Waals surface area contributed by atoms with Gasteiger partial charge in [-0.15, -0.1) is 0 Å². The van der Waals surface area contributed by atoms with Crippen molar-refractivity contribution in [2.45, 2.75) is 25.4 Å². The van der Waals surface area contributed by atoms with Crippen LogP contribution in [0.4, 0.5) is 0 Å². The minimum atomic E-state index is 0.363. The van der Waals surface area contributed by atoms with E-state index in [1.807, 2.05) is 11.8 Å². The lowest BCUT2D eigenvalue weighted by molar-refractivity contribution is 0.228. The molecule has 3 rings (SSSR count). The van der Waals surface area contributed by atoms with Gasteiger partial charge in [0.25, 0.3) is 0 Å². The molecule has 2 saturated heterocycles. The second-order valence-corrected chi connectivity index (χ2v) is 6.75. The molecule has 0 saturated carbocycles. The highest BCUT2D eigenvalue weighted by Gasteiger charge is 2.22. The van der Waals surface area contributed by atoms with Gasteiger partial charge in [0.1, 0.15) is 6.10 Å². The second kappa shape index (κ2) is 6.72. The lowest BCUT2D eigenvalue weighted by Gasteiger charge is -2.27. The molecule has 0 aromatic heterocycles. The van der Waals surface area contributed by atoms with Crippen LogP contribution >= 0.6 is 11.8 Å². The van der Waals surface area contributed by atoms with Gasteiger partial charge in [0.2, 0.25) is 0 Å². The third-order valence-corrected chi connectivity index (χ3v) is 5.27. The van der Waals surface area contributed by atoms with Gasteiger partial charge in [-0.2, -0.15) is 11.8 Å². The second-order valence-electron chi connectivity index (χ2n) is 5.68. The van der Waals surface area contributed by atoms with Gasteiger partial charge in [-0.05, 0) is 56.0 Å². The zero-order valence-electron chi connectivity index (χ0n) is 12.1. The molecule has 0 radical (unpaired) electrons. The molecule has 1 N–H and O–H groups in total. The van der Waals surface area contributed by atoms with Crippen LogP contribution in [-0.2, 0) is 6.42 Å². The number of hydrogen-bond acceptors (Lipinski definition) is 4. The third kappa shape index (κ3) is 3.41. The van der Waals surface area contributed by atoms with Gasteiger partial charge >= 0.3 is 0 Å². The van der Waals surface area contributed by atoms with Crippen molar-refractivity contribution < 1.29 is 9.47 Å². The first kappa shape index (κ1) is 14.1. The van der Waals surface area contributed by atoms with Gasteiger partial charge in [-0.1, -0.05) is 6.07 Å². The van der Waals surface area contributed by atoms with E-state index in [9.17, 15) is 0 Å². The van der Waals surface area contributed by atoms with Crippen LogP contribution in [0.1, 0.15) is 18.4 Å². The van der Waals surface area contributed by atoms with Gasteiger partial charge in [0, 0.05) is 11.5 Å². The average Bonchev–Trinajstić information content (AvgIpc) is 2.45. The Labute approximate surface area is 125 Å². The number of ether oxygens (including phenoxy) is 2. The molecule has 0 aliphatic carbocycles. The monoisotopic (exact) mass is 293 g/mol. The number of thioether (sulfide) groups is 1. The number of hydrogen-bond donors (Lipinski definition) is 1. The van der Waals surface area contributed by atoms with Gasteiger partial charge in [0.05, 0.1) is 7.11 Å². The lowest BCUT2D eigenvalue weighted by atomic mass is 9.92. The molecule has 1 unspecified atom stereocenters. The fourth-order valence-corrected chi connectivity index (χ4v) is 3.39. The standard InChI is InChI=1S/C16H23NO2S/c1-18-16-8-12(7-13-3-2-6-17-9-13)4-5-15(16)19-14-10-20-11-14/h4-5,8,13-14,17H,2-3,6-7,9-11H2,1H3. The Hall–Kier alpha value is -0.870. The predicted octanol–water partition coefficient (Wildman–Crippen LogP) is 2.73. The van der Waals surface area contributed by atoms with Crippen molar-refractivity contribution in [2.75, 3.05) is 31.7 Å². The molecular weight excluding hydrogens is 270 g/mol. The van der Waals surface area contributed by atoms with Crippen molar-refractivity contribution in [3.8, 4) is 11.5 Å². The van der Waals surface area contributed by atoms with Crippen molar-refractivity contribution >= 4 is 11.8 Å². The maximum absolute atomic E-state index is 5.96. The molecule has 2 fully saturated rings. The first-order valence-electron chi connectivity index (χ1n) is 7.47. The summed E-state index contributed by atoms with van der Waals surface area (Å²) in [5, 5.41) is 3.48. The van der Waals surface area contributed by atoms with Crippen molar-refractivity contribution in [1.29, 1.82) is 0 Å². The first-order chi connectivity index (χ1) is 9.85. The maximum atomic E-state index is 5.96. The average molecular weight is 293 g/mol. The molecule has 0 spiro atoms. The van der Waals surface area contributed by atoms with E-state index >= 15 is 0 Å². The Morgan fingerprint density at radius 1 is 1.30 bits per heavy atom. The molecule has 2 heterocycles. The summed E-state index contributed by atoms with van der Waals surface area (Å²) >= 11 is 1.93. The van der Waals surface area contributed by atoms with E-state index in [0.29, 0.717) is 6.10 Å². The van der Waals surface area contributed by atoms with E-state index in [1.165, 1.54) is 24.9 Å². The van der Waals surface area contributed by atoms with Crippen LogP contribution in [0.25, 0.3) is 0 Å². The van der Waals surface area contributed by atoms with E-state index in [2.05, 4.69) is 23.5 Å². The Morgan fingerprint density at radius 3 is 2.85 bits per heavy atom. The van der Waals surface area contributed by atoms with E-state index in [-0.39, 0.29) is 0 Å². The van der Waals surface area contributed by atoms with Crippen molar-refractivity contribution in [3.05, 3.63) is 23.8 Å². The van der Waals surface area contributed by atoms with Crippen LogP contribution < -0.4 is 14.8 Å². The van der Waals surface area contributed by atoms with Crippen LogP contribution in [-0.4, -0.2) is 37.8 Å². The van der Waals surface area contributed by atoms with Crippen LogP contribution in [0.3, 0.4) is 0 Å². The highest BCUT2D eigenvalue weighted by Crippen LogP contribution is 2.33. The quantitative estimate of drug-likeness (QED) is 0.904. The number of methoxy groups -OCH3 is 1. The van der Waals surface area contributed by atoms with Crippen molar-refractivity contribution in [3.63, 3.8) is 0 Å². The van der Waals surface area contributed by atoms with Crippen LogP contribution in [0, 0.1) is 5.92 Å². The predicted molar refractivity (Wildman–Crippen MR) is 84.0 cm³/mol. The largest absolute Gasteiger partial charge is 0.493 e. The summed E-state index contributed by atoms with van der Waals surface area (Å²) < 4.78 is 11.5. The summed E-state index contributed by atoms with van der Waals surface area (Å²) in [5.74, 6) is 4.71. The molecule has 4 heteroatoms. The van der Waals surface area contributed by atoms with Gasteiger partial charge in [-0.3, -0.25) is 0 Å².